The summed E-state index contributed by atoms with van der Waals surface area (Å²) in [5.74, 6) is 0.101. The van der Waals surface area contributed by atoms with E-state index in [1.165, 1.54) is 15.7 Å². The molecule has 1 saturated heterocycles. The van der Waals surface area contributed by atoms with Gasteiger partial charge in [0.15, 0.2) is 0 Å². The summed E-state index contributed by atoms with van der Waals surface area (Å²) in [6.07, 6.45) is 0. The molecular weight excluding hydrogens is 280 g/mol. The number of para-hydroxylation sites is 1. The summed E-state index contributed by atoms with van der Waals surface area (Å²) in [5.41, 5.74) is 0.590. The van der Waals surface area contributed by atoms with E-state index in [-0.39, 0.29) is 5.75 Å². The van der Waals surface area contributed by atoms with Gasteiger partial charge in [-0.1, -0.05) is 18.2 Å². The maximum Gasteiger partial charge on any atom is 0.282 e. The van der Waals surface area contributed by atoms with E-state index in [0.717, 1.165) is 0 Å². The minimum atomic E-state index is -3.55. The highest BCUT2D eigenvalue weighted by Crippen LogP contribution is 2.29. The first kappa shape index (κ1) is 15.2. The van der Waals surface area contributed by atoms with Crippen molar-refractivity contribution in [3.8, 4) is 5.75 Å². The Bertz CT molecular complexity index is 555. The van der Waals surface area contributed by atoms with Gasteiger partial charge >= 0.3 is 0 Å². The molecule has 2 rings (SSSR count). The number of morpholine rings is 1. The molecule has 0 amide bonds. The lowest BCUT2D eigenvalue weighted by Gasteiger charge is -2.33. The number of benzene rings is 1. The van der Waals surface area contributed by atoms with Crippen molar-refractivity contribution in [2.45, 2.75) is 13.0 Å². The molecule has 0 aliphatic carbocycles. The van der Waals surface area contributed by atoms with Crippen LogP contribution in [0.5, 0.6) is 5.75 Å². The Morgan fingerprint density at radius 1 is 1.30 bits per heavy atom. The lowest BCUT2D eigenvalue weighted by Crippen LogP contribution is -2.47. The number of nitrogens with zero attached hydrogens (tertiary/aromatic N) is 2. The smallest absolute Gasteiger partial charge is 0.282 e. The van der Waals surface area contributed by atoms with E-state index in [0.29, 0.717) is 31.9 Å². The Morgan fingerprint density at radius 3 is 2.50 bits per heavy atom. The highest BCUT2D eigenvalue weighted by atomic mass is 32.2. The molecule has 1 aromatic carbocycles. The molecule has 1 heterocycles. The largest absolute Gasteiger partial charge is 0.508 e. The average Bonchev–Trinajstić information content (AvgIpc) is 2.47. The van der Waals surface area contributed by atoms with Crippen LogP contribution >= 0.6 is 0 Å². The van der Waals surface area contributed by atoms with Crippen LogP contribution in [0.25, 0.3) is 0 Å². The molecule has 1 unspecified atom stereocenters. The van der Waals surface area contributed by atoms with Gasteiger partial charge in [-0.3, -0.25) is 0 Å². The van der Waals surface area contributed by atoms with Crippen molar-refractivity contribution in [2.75, 3.05) is 33.4 Å². The van der Waals surface area contributed by atoms with Crippen LogP contribution in [0.2, 0.25) is 0 Å². The lowest BCUT2D eigenvalue weighted by molar-refractivity contribution is 0.0699. The summed E-state index contributed by atoms with van der Waals surface area (Å²) < 4.78 is 32.9. The first-order valence-corrected chi connectivity index (χ1v) is 7.93. The van der Waals surface area contributed by atoms with Crippen molar-refractivity contribution in [2.24, 2.45) is 0 Å². The van der Waals surface area contributed by atoms with Crippen LogP contribution in [0.4, 0.5) is 0 Å². The number of hydrogen-bond donors (Lipinski definition) is 1. The van der Waals surface area contributed by atoms with Gasteiger partial charge in [0.2, 0.25) is 0 Å². The fourth-order valence-electron chi connectivity index (χ4n) is 2.20. The van der Waals surface area contributed by atoms with E-state index in [9.17, 15) is 13.5 Å². The molecule has 0 bridgehead atoms. The fourth-order valence-corrected chi connectivity index (χ4v) is 3.68. The van der Waals surface area contributed by atoms with Crippen molar-refractivity contribution in [3.63, 3.8) is 0 Å². The molecule has 0 saturated carbocycles. The number of rotatable bonds is 4. The van der Waals surface area contributed by atoms with E-state index < -0.39 is 16.3 Å². The first-order valence-electron chi connectivity index (χ1n) is 6.53. The predicted octanol–water partition coefficient (Wildman–Crippen LogP) is 0.962. The highest BCUT2D eigenvalue weighted by molar-refractivity contribution is 7.86. The second-order valence-corrected chi connectivity index (χ2v) is 6.76. The average molecular weight is 300 g/mol. The molecule has 7 heteroatoms. The highest BCUT2D eigenvalue weighted by Gasteiger charge is 2.32. The topological polar surface area (TPSA) is 70.1 Å². The van der Waals surface area contributed by atoms with Gasteiger partial charge in [0.1, 0.15) is 5.75 Å². The van der Waals surface area contributed by atoms with Crippen molar-refractivity contribution >= 4 is 10.2 Å². The van der Waals surface area contributed by atoms with E-state index in [1.807, 2.05) is 0 Å². The molecule has 112 valence electrons. The van der Waals surface area contributed by atoms with E-state index in [4.69, 9.17) is 4.74 Å². The van der Waals surface area contributed by atoms with Crippen LogP contribution in [0, 0.1) is 0 Å². The molecule has 0 radical (unpaired) electrons. The van der Waals surface area contributed by atoms with Crippen LogP contribution in [-0.2, 0) is 14.9 Å². The maximum atomic E-state index is 12.5. The normalized spacial score (nSPS) is 19.1. The molecule has 1 fully saturated rings. The van der Waals surface area contributed by atoms with Crippen LogP contribution in [0.1, 0.15) is 18.5 Å². The van der Waals surface area contributed by atoms with E-state index in [2.05, 4.69) is 0 Å². The van der Waals surface area contributed by atoms with Crippen molar-refractivity contribution in [1.29, 1.82) is 0 Å². The molecular formula is C13H20N2O4S. The van der Waals surface area contributed by atoms with E-state index in [1.54, 1.807) is 31.2 Å². The van der Waals surface area contributed by atoms with Gasteiger partial charge in [0, 0.05) is 25.7 Å². The van der Waals surface area contributed by atoms with Gasteiger partial charge in [-0.25, -0.2) is 0 Å². The molecule has 1 atom stereocenters. The van der Waals surface area contributed by atoms with Gasteiger partial charge in [0.05, 0.1) is 19.3 Å². The Kier molecular flexibility index (Phi) is 4.64. The summed E-state index contributed by atoms with van der Waals surface area (Å²) >= 11 is 0. The third kappa shape index (κ3) is 2.95. The molecule has 6 nitrogen and oxygen atoms in total. The Labute approximate surface area is 119 Å². The van der Waals surface area contributed by atoms with Crippen molar-refractivity contribution < 1.29 is 18.3 Å². The zero-order valence-electron chi connectivity index (χ0n) is 11.7. The molecule has 1 aliphatic heterocycles. The monoisotopic (exact) mass is 300 g/mol. The van der Waals surface area contributed by atoms with Crippen LogP contribution in [0.15, 0.2) is 24.3 Å². The summed E-state index contributed by atoms with van der Waals surface area (Å²) in [7, 11) is -2.02. The Balaban J connectivity index is 2.21. The first-order chi connectivity index (χ1) is 9.44. The summed E-state index contributed by atoms with van der Waals surface area (Å²) in [6.45, 7) is 3.31. The third-order valence-electron chi connectivity index (χ3n) is 3.59. The number of phenolic OH excluding ortho intramolecular Hbond substituents is 1. The summed E-state index contributed by atoms with van der Waals surface area (Å²) in [6, 6.07) is 6.33. The Hall–Kier alpha value is -1.15. The van der Waals surface area contributed by atoms with Crippen LogP contribution < -0.4 is 0 Å². The van der Waals surface area contributed by atoms with Crippen molar-refractivity contribution in [3.05, 3.63) is 29.8 Å². The predicted molar refractivity (Wildman–Crippen MR) is 75.6 cm³/mol. The zero-order valence-corrected chi connectivity index (χ0v) is 12.5. The molecule has 1 aliphatic rings. The fraction of sp³-hybridized carbons (Fsp3) is 0.538. The molecule has 0 spiro atoms. The van der Waals surface area contributed by atoms with Gasteiger partial charge in [-0.05, 0) is 13.0 Å². The molecule has 1 N–H and O–H groups in total. The van der Waals surface area contributed by atoms with Crippen LogP contribution in [-0.4, -0.2) is 55.5 Å². The third-order valence-corrected chi connectivity index (χ3v) is 5.65. The van der Waals surface area contributed by atoms with Gasteiger partial charge in [-0.15, -0.1) is 0 Å². The molecule has 20 heavy (non-hydrogen) atoms. The maximum absolute atomic E-state index is 12.5. The number of ether oxygens (including phenoxy) is 1. The standard InChI is InChI=1S/C13H20N2O4S/c1-11(12-5-3-4-6-13(12)16)14(2)20(17,18)15-7-9-19-10-8-15/h3-6,11,16H,7-10H2,1-2H3. The lowest BCUT2D eigenvalue weighted by atomic mass is 10.1. The number of hydrogen-bond acceptors (Lipinski definition) is 4. The van der Waals surface area contributed by atoms with Crippen molar-refractivity contribution in [1.82, 2.24) is 8.61 Å². The number of phenols is 1. The SMILES string of the molecule is CC(c1ccccc1O)N(C)S(=O)(=O)N1CCOCC1. The van der Waals surface area contributed by atoms with E-state index >= 15 is 0 Å². The van der Waals surface area contributed by atoms with Gasteiger partial charge in [-0.2, -0.15) is 17.0 Å². The minimum Gasteiger partial charge on any atom is -0.508 e. The minimum absolute atomic E-state index is 0.101. The quantitative estimate of drug-likeness (QED) is 0.899. The van der Waals surface area contributed by atoms with Gasteiger partial charge in [0.25, 0.3) is 10.2 Å². The van der Waals surface area contributed by atoms with Crippen LogP contribution in [0.3, 0.4) is 0 Å². The van der Waals surface area contributed by atoms with Gasteiger partial charge < -0.3 is 9.84 Å². The molecule has 0 aromatic heterocycles. The summed E-state index contributed by atoms with van der Waals surface area (Å²) in [4.78, 5) is 0. The number of aromatic hydroxyl groups is 1. The second-order valence-electron chi connectivity index (χ2n) is 4.77. The molecule has 1 aromatic rings. The Morgan fingerprint density at radius 2 is 1.90 bits per heavy atom. The second kappa shape index (κ2) is 6.09. The zero-order chi connectivity index (χ0) is 14.8. The summed E-state index contributed by atoms with van der Waals surface area (Å²) in [5, 5.41) is 9.85.